The van der Waals surface area contributed by atoms with E-state index in [1.54, 1.807) is 0 Å². The molecule has 0 aromatic rings. The molecule has 0 aliphatic carbocycles. The Kier molecular flexibility index (Phi) is 3.13. The van der Waals surface area contributed by atoms with Crippen LogP contribution in [0.5, 0.6) is 0 Å². The number of nitrogens with zero attached hydrogens (tertiary/aromatic N) is 1. The molecule has 0 spiro atoms. The molecule has 1 unspecified atom stereocenters. The van der Waals surface area contributed by atoms with Crippen molar-refractivity contribution in [3.05, 3.63) is 0 Å². The second-order valence-corrected chi connectivity index (χ2v) is 4.79. The maximum absolute atomic E-state index is 5.96. The highest BCUT2D eigenvalue weighted by Gasteiger charge is 2.24. The fourth-order valence-corrected chi connectivity index (χ4v) is 1.97. The van der Waals surface area contributed by atoms with E-state index >= 15 is 0 Å². The molecule has 72 valence electrons. The number of nitrogens with two attached hydrogens (primary N) is 1. The van der Waals surface area contributed by atoms with Gasteiger partial charge in [-0.15, -0.1) is 0 Å². The zero-order valence-corrected chi connectivity index (χ0v) is 8.64. The molecule has 0 aromatic carbocycles. The van der Waals surface area contributed by atoms with E-state index in [0.29, 0.717) is 0 Å². The van der Waals surface area contributed by atoms with E-state index in [9.17, 15) is 0 Å². The van der Waals surface area contributed by atoms with Gasteiger partial charge in [0.25, 0.3) is 0 Å². The Hall–Kier alpha value is -0.0800. The smallest absolute Gasteiger partial charge is 0.0226 e. The quantitative estimate of drug-likeness (QED) is 0.694. The summed E-state index contributed by atoms with van der Waals surface area (Å²) in [6, 6.07) is 0. The maximum atomic E-state index is 5.96. The largest absolute Gasteiger partial charge is 0.324 e. The molecule has 1 rings (SSSR count). The lowest BCUT2D eigenvalue weighted by Gasteiger charge is -2.26. The van der Waals surface area contributed by atoms with Gasteiger partial charge in [-0.3, -0.25) is 0 Å². The molecule has 2 N–H and O–H groups in total. The summed E-state index contributed by atoms with van der Waals surface area (Å²) in [4.78, 5) is 2.49. The van der Waals surface area contributed by atoms with Crippen molar-refractivity contribution in [1.29, 1.82) is 0 Å². The van der Waals surface area contributed by atoms with Crippen molar-refractivity contribution in [1.82, 2.24) is 4.90 Å². The van der Waals surface area contributed by atoms with Crippen LogP contribution in [0.25, 0.3) is 0 Å². The van der Waals surface area contributed by atoms with E-state index in [1.165, 1.54) is 25.9 Å². The second-order valence-electron chi connectivity index (χ2n) is 4.79. The van der Waals surface area contributed by atoms with Crippen molar-refractivity contribution in [2.24, 2.45) is 11.7 Å². The van der Waals surface area contributed by atoms with E-state index in [2.05, 4.69) is 25.7 Å². The molecule has 0 radical (unpaired) electrons. The predicted octanol–water partition coefficient (Wildman–Crippen LogP) is 1.46. The van der Waals surface area contributed by atoms with Crippen LogP contribution >= 0.6 is 0 Å². The summed E-state index contributed by atoms with van der Waals surface area (Å²) < 4.78 is 0. The minimum atomic E-state index is -0.0252. The molecule has 0 aromatic heterocycles. The van der Waals surface area contributed by atoms with Gasteiger partial charge in [0.15, 0.2) is 0 Å². The van der Waals surface area contributed by atoms with Crippen molar-refractivity contribution < 1.29 is 0 Å². The van der Waals surface area contributed by atoms with E-state index in [1.807, 2.05) is 0 Å². The number of likely N-dealkylation sites (tertiary alicyclic amines) is 1. The topological polar surface area (TPSA) is 29.3 Å². The summed E-state index contributed by atoms with van der Waals surface area (Å²) in [5, 5.41) is 0. The molecule has 0 amide bonds. The summed E-state index contributed by atoms with van der Waals surface area (Å²) in [5.74, 6) is 0.923. The molecule has 1 aliphatic rings. The third kappa shape index (κ3) is 3.11. The van der Waals surface area contributed by atoms with Gasteiger partial charge >= 0.3 is 0 Å². The first-order valence-electron chi connectivity index (χ1n) is 5.02. The summed E-state index contributed by atoms with van der Waals surface area (Å²) >= 11 is 0. The highest BCUT2D eigenvalue weighted by Crippen LogP contribution is 2.19. The molecular weight excluding hydrogens is 148 g/mol. The number of hydrogen-bond donors (Lipinski definition) is 1. The van der Waals surface area contributed by atoms with E-state index < -0.39 is 0 Å². The van der Waals surface area contributed by atoms with Crippen molar-refractivity contribution in [3.63, 3.8) is 0 Å². The van der Waals surface area contributed by atoms with Gasteiger partial charge in [0, 0.05) is 18.6 Å². The maximum Gasteiger partial charge on any atom is 0.0226 e. The summed E-state index contributed by atoms with van der Waals surface area (Å²) in [6.45, 7) is 10.0. The SMILES string of the molecule is CCC1CCN(CC(C)(C)N)C1. The molecule has 0 bridgehead atoms. The Labute approximate surface area is 76.1 Å². The first-order chi connectivity index (χ1) is 5.51. The average molecular weight is 170 g/mol. The third-order valence-electron chi connectivity index (χ3n) is 2.58. The van der Waals surface area contributed by atoms with Crippen LogP contribution in [-0.4, -0.2) is 30.1 Å². The molecule has 1 heterocycles. The van der Waals surface area contributed by atoms with Gasteiger partial charge in [-0.1, -0.05) is 13.3 Å². The first-order valence-corrected chi connectivity index (χ1v) is 5.02. The normalized spacial score (nSPS) is 26.5. The van der Waals surface area contributed by atoms with Crippen LogP contribution in [0.15, 0.2) is 0 Å². The molecule has 12 heavy (non-hydrogen) atoms. The lowest BCUT2D eigenvalue weighted by molar-refractivity contribution is 0.262. The fraction of sp³-hybridized carbons (Fsp3) is 1.00. The summed E-state index contributed by atoms with van der Waals surface area (Å²) in [6.07, 6.45) is 2.69. The van der Waals surface area contributed by atoms with E-state index in [4.69, 9.17) is 5.73 Å². The molecular formula is C10H22N2. The van der Waals surface area contributed by atoms with Crippen molar-refractivity contribution in [3.8, 4) is 0 Å². The Morgan fingerprint density at radius 1 is 1.50 bits per heavy atom. The Morgan fingerprint density at radius 3 is 2.58 bits per heavy atom. The molecule has 0 saturated carbocycles. The van der Waals surface area contributed by atoms with Gasteiger partial charge in [0.1, 0.15) is 0 Å². The predicted molar refractivity (Wildman–Crippen MR) is 53.1 cm³/mol. The van der Waals surface area contributed by atoms with Crippen LogP contribution in [0, 0.1) is 5.92 Å². The lowest BCUT2D eigenvalue weighted by Crippen LogP contribution is -2.44. The first kappa shape index (κ1) is 10.0. The Bertz CT molecular complexity index is 137. The highest BCUT2D eigenvalue weighted by atomic mass is 15.2. The van der Waals surface area contributed by atoms with Crippen molar-refractivity contribution in [2.75, 3.05) is 19.6 Å². The molecule has 1 aliphatic heterocycles. The van der Waals surface area contributed by atoms with Crippen LogP contribution in [-0.2, 0) is 0 Å². The molecule has 2 nitrogen and oxygen atoms in total. The van der Waals surface area contributed by atoms with E-state index in [-0.39, 0.29) is 5.54 Å². The number of rotatable bonds is 3. The van der Waals surface area contributed by atoms with E-state index in [0.717, 1.165) is 12.5 Å². The van der Waals surface area contributed by atoms with Crippen LogP contribution in [0.1, 0.15) is 33.6 Å². The molecule has 2 heteroatoms. The summed E-state index contributed by atoms with van der Waals surface area (Å²) in [5.41, 5.74) is 5.94. The zero-order valence-electron chi connectivity index (χ0n) is 8.64. The zero-order chi connectivity index (χ0) is 9.19. The molecule has 1 fully saturated rings. The van der Waals surface area contributed by atoms with Crippen molar-refractivity contribution >= 4 is 0 Å². The standard InChI is InChI=1S/C10H22N2/c1-4-9-5-6-12(7-9)8-10(2,3)11/h9H,4-8,11H2,1-3H3. The minimum absolute atomic E-state index is 0.0252. The molecule has 1 saturated heterocycles. The Balaban J connectivity index is 2.28. The van der Waals surface area contributed by atoms with Gasteiger partial charge < -0.3 is 10.6 Å². The fourth-order valence-electron chi connectivity index (χ4n) is 1.97. The summed E-state index contributed by atoms with van der Waals surface area (Å²) in [7, 11) is 0. The second kappa shape index (κ2) is 3.75. The minimum Gasteiger partial charge on any atom is -0.324 e. The van der Waals surface area contributed by atoms with Crippen LogP contribution in [0.2, 0.25) is 0 Å². The van der Waals surface area contributed by atoms with Gasteiger partial charge in [-0.2, -0.15) is 0 Å². The van der Waals surface area contributed by atoms with Crippen LogP contribution < -0.4 is 5.73 Å². The highest BCUT2D eigenvalue weighted by molar-refractivity contribution is 4.82. The van der Waals surface area contributed by atoms with Crippen molar-refractivity contribution in [2.45, 2.75) is 39.2 Å². The number of hydrogen-bond acceptors (Lipinski definition) is 2. The monoisotopic (exact) mass is 170 g/mol. The Morgan fingerprint density at radius 2 is 2.17 bits per heavy atom. The van der Waals surface area contributed by atoms with Gasteiger partial charge in [0.2, 0.25) is 0 Å². The van der Waals surface area contributed by atoms with Crippen LogP contribution in [0.4, 0.5) is 0 Å². The van der Waals surface area contributed by atoms with Gasteiger partial charge in [-0.05, 0) is 32.7 Å². The molecule has 1 atom stereocenters. The third-order valence-corrected chi connectivity index (χ3v) is 2.58. The lowest BCUT2D eigenvalue weighted by atomic mass is 10.1. The van der Waals surface area contributed by atoms with Gasteiger partial charge in [-0.25, -0.2) is 0 Å². The average Bonchev–Trinajstić information content (AvgIpc) is 2.32. The van der Waals surface area contributed by atoms with Crippen LogP contribution in [0.3, 0.4) is 0 Å². The van der Waals surface area contributed by atoms with Gasteiger partial charge in [0.05, 0.1) is 0 Å².